The van der Waals surface area contributed by atoms with Crippen LogP contribution in [0.25, 0.3) is 0 Å². The normalized spacial score (nSPS) is 12.4. The van der Waals surface area contributed by atoms with Gasteiger partial charge in [-0.1, -0.05) is 6.07 Å². The lowest BCUT2D eigenvalue weighted by Crippen LogP contribution is -2.21. The summed E-state index contributed by atoms with van der Waals surface area (Å²) in [4.78, 5) is 10.7. The van der Waals surface area contributed by atoms with Gasteiger partial charge < -0.3 is 21.7 Å². The molecule has 0 saturated carbocycles. The van der Waals surface area contributed by atoms with E-state index in [0.717, 1.165) is 0 Å². The number of carboxylic acids is 1. The van der Waals surface area contributed by atoms with Crippen molar-refractivity contribution in [3.63, 3.8) is 0 Å². The van der Waals surface area contributed by atoms with Crippen LogP contribution in [0.4, 0.5) is 0 Å². The van der Waals surface area contributed by atoms with Crippen LogP contribution >= 0.6 is 0 Å². The highest BCUT2D eigenvalue weighted by Crippen LogP contribution is 2.20. The quantitative estimate of drug-likeness (QED) is 0.546. The topological polar surface area (TPSA) is 110 Å². The standard InChI is InChI=1S/C9H12N2O3/c10-4-7(11)5-1-2-8(12)6(3-5)9(13)14/h1-3,7,12H,4,10-11H2,(H,13,14)/t7-/m1/s1. The molecule has 0 aliphatic heterocycles. The van der Waals surface area contributed by atoms with Crippen LogP contribution in [0, 0.1) is 0 Å². The highest BCUT2D eigenvalue weighted by atomic mass is 16.4. The molecule has 0 spiro atoms. The van der Waals surface area contributed by atoms with E-state index in [2.05, 4.69) is 0 Å². The molecule has 0 fully saturated rings. The van der Waals surface area contributed by atoms with E-state index in [9.17, 15) is 9.90 Å². The predicted octanol–water partition coefficient (Wildman–Crippen LogP) is 0.0489. The SMILES string of the molecule is NC[C@@H](N)c1ccc(O)c(C(=O)O)c1. The Morgan fingerprint density at radius 2 is 2.14 bits per heavy atom. The fourth-order valence-electron chi connectivity index (χ4n) is 1.09. The molecule has 14 heavy (non-hydrogen) atoms. The van der Waals surface area contributed by atoms with Crippen LogP contribution in [0.2, 0.25) is 0 Å². The van der Waals surface area contributed by atoms with Gasteiger partial charge in [0.2, 0.25) is 0 Å². The second-order valence-electron chi connectivity index (χ2n) is 2.92. The molecule has 0 heterocycles. The number of carbonyl (C=O) groups is 1. The summed E-state index contributed by atoms with van der Waals surface area (Å²) in [5.41, 5.74) is 11.4. The molecule has 76 valence electrons. The van der Waals surface area contributed by atoms with Crippen molar-refractivity contribution < 1.29 is 15.0 Å². The molecule has 5 heteroatoms. The average Bonchev–Trinajstić information content (AvgIpc) is 2.17. The fraction of sp³-hybridized carbons (Fsp3) is 0.222. The Morgan fingerprint density at radius 3 is 2.64 bits per heavy atom. The molecular formula is C9H12N2O3. The van der Waals surface area contributed by atoms with Crippen molar-refractivity contribution in [2.75, 3.05) is 6.54 Å². The Morgan fingerprint density at radius 1 is 1.50 bits per heavy atom. The molecule has 1 rings (SSSR count). The van der Waals surface area contributed by atoms with Crippen molar-refractivity contribution >= 4 is 5.97 Å². The lowest BCUT2D eigenvalue weighted by molar-refractivity contribution is 0.0693. The van der Waals surface area contributed by atoms with Crippen molar-refractivity contribution in [3.8, 4) is 5.75 Å². The van der Waals surface area contributed by atoms with Gasteiger partial charge in [-0.3, -0.25) is 0 Å². The summed E-state index contributed by atoms with van der Waals surface area (Å²) in [7, 11) is 0. The number of hydrogen-bond acceptors (Lipinski definition) is 4. The second kappa shape index (κ2) is 4.08. The third-order valence-corrected chi connectivity index (χ3v) is 1.93. The molecule has 0 aliphatic rings. The molecule has 1 aromatic carbocycles. The molecule has 5 nitrogen and oxygen atoms in total. The lowest BCUT2D eigenvalue weighted by atomic mass is 10.0. The van der Waals surface area contributed by atoms with Crippen LogP contribution in [0.3, 0.4) is 0 Å². The number of aromatic hydroxyl groups is 1. The van der Waals surface area contributed by atoms with E-state index >= 15 is 0 Å². The number of rotatable bonds is 3. The largest absolute Gasteiger partial charge is 0.507 e. The van der Waals surface area contributed by atoms with Crippen molar-refractivity contribution in [2.24, 2.45) is 11.5 Å². The zero-order chi connectivity index (χ0) is 10.7. The van der Waals surface area contributed by atoms with Gasteiger partial charge in [-0.15, -0.1) is 0 Å². The van der Waals surface area contributed by atoms with Gasteiger partial charge in [0.1, 0.15) is 11.3 Å². The van der Waals surface area contributed by atoms with E-state index in [0.29, 0.717) is 5.56 Å². The highest BCUT2D eigenvalue weighted by molar-refractivity contribution is 5.90. The molecular weight excluding hydrogens is 184 g/mol. The zero-order valence-corrected chi connectivity index (χ0v) is 7.47. The van der Waals surface area contributed by atoms with Gasteiger partial charge in [0.05, 0.1) is 0 Å². The van der Waals surface area contributed by atoms with E-state index < -0.39 is 12.0 Å². The van der Waals surface area contributed by atoms with Crippen molar-refractivity contribution in [3.05, 3.63) is 29.3 Å². The van der Waals surface area contributed by atoms with Gasteiger partial charge in [-0.05, 0) is 17.7 Å². The summed E-state index contributed by atoms with van der Waals surface area (Å²) < 4.78 is 0. The molecule has 0 amide bonds. The molecule has 0 bridgehead atoms. The molecule has 0 saturated heterocycles. The van der Waals surface area contributed by atoms with Crippen LogP contribution in [-0.4, -0.2) is 22.7 Å². The molecule has 6 N–H and O–H groups in total. The molecule has 0 aromatic heterocycles. The monoisotopic (exact) mass is 196 g/mol. The Kier molecular flexibility index (Phi) is 3.06. The van der Waals surface area contributed by atoms with E-state index in [4.69, 9.17) is 16.6 Å². The molecule has 0 unspecified atom stereocenters. The third-order valence-electron chi connectivity index (χ3n) is 1.93. The van der Waals surface area contributed by atoms with E-state index in [1.54, 1.807) is 6.07 Å². The van der Waals surface area contributed by atoms with Crippen LogP contribution < -0.4 is 11.5 Å². The van der Waals surface area contributed by atoms with E-state index in [1.807, 2.05) is 0 Å². The van der Waals surface area contributed by atoms with Gasteiger partial charge in [-0.25, -0.2) is 4.79 Å². The Bertz CT molecular complexity index is 352. The first-order valence-corrected chi connectivity index (χ1v) is 4.08. The van der Waals surface area contributed by atoms with Gasteiger partial charge in [0.15, 0.2) is 0 Å². The first kappa shape index (κ1) is 10.5. The summed E-state index contributed by atoms with van der Waals surface area (Å²) in [6.07, 6.45) is 0. The van der Waals surface area contributed by atoms with E-state index in [1.165, 1.54) is 12.1 Å². The average molecular weight is 196 g/mol. The summed E-state index contributed by atoms with van der Waals surface area (Å²) in [6, 6.07) is 3.77. The fourth-order valence-corrected chi connectivity index (χ4v) is 1.09. The Labute approximate surface area is 81.0 Å². The molecule has 1 atom stereocenters. The highest BCUT2D eigenvalue weighted by Gasteiger charge is 2.12. The van der Waals surface area contributed by atoms with Crippen LogP contribution in [-0.2, 0) is 0 Å². The molecule has 0 aliphatic carbocycles. The number of nitrogens with two attached hydrogens (primary N) is 2. The summed E-state index contributed by atoms with van der Waals surface area (Å²) in [5.74, 6) is -1.46. The number of benzene rings is 1. The van der Waals surface area contributed by atoms with Crippen molar-refractivity contribution in [2.45, 2.75) is 6.04 Å². The summed E-state index contributed by atoms with van der Waals surface area (Å²) >= 11 is 0. The maximum absolute atomic E-state index is 10.7. The zero-order valence-electron chi connectivity index (χ0n) is 7.47. The Hall–Kier alpha value is -1.59. The van der Waals surface area contributed by atoms with Crippen LogP contribution in [0.15, 0.2) is 18.2 Å². The lowest BCUT2D eigenvalue weighted by Gasteiger charge is -2.10. The number of aromatic carboxylic acids is 1. The third kappa shape index (κ3) is 2.01. The number of carboxylic acid groups (broad SMARTS) is 1. The van der Waals surface area contributed by atoms with Gasteiger partial charge in [-0.2, -0.15) is 0 Å². The van der Waals surface area contributed by atoms with E-state index in [-0.39, 0.29) is 17.9 Å². The first-order chi connectivity index (χ1) is 6.56. The number of phenols is 1. The van der Waals surface area contributed by atoms with Gasteiger partial charge in [0.25, 0.3) is 0 Å². The van der Waals surface area contributed by atoms with Crippen LogP contribution in [0.5, 0.6) is 5.75 Å². The second-order valence-corrected chi connectivity index (χ2v) is 2.92. The number of hydrogen-bond donors (Lipinski definition) is 4. The van der Waals surface area contributed by atoms with Crippen molar-refractivity contribution in [1.29, 1.82) is 0 Å². The first-order valence-electron chi connectivity index (χ1n) is 4.08. The van der Waals surface area contributed by atoms with Gasteiger partial charge in [0, 0.05) is 12.6 Å². The maximum atomic E-state index is 10.7. The molecule has 1 aromatic rings. The minimum absolute atomic E-state index is 0.161. The minimum atomic E-state index is -1.19. The minimum Gasteiger partial charge on any atom is -0.507 e. The maximum Gasteiger partial charge on any atom is 0.339 e. The Balaban J connectivity index is 3.12. The summed E-state index contributed by atoms with van der Waals surface area (Å²) in [5, 5.41) is 17.9. The smallest absolute Gasteiger partial charge is 0.339 e. The summed E-state index contributed by atoms with van der Waals surface area (Å²) in [6.45, 7) is 0.226. The predicted molar refractivity (Wildman–Crippen MR) is 51.0 cm³/mol. The van der Waals surface area contributed by atoms with Gasteiger partial charge >= 0.3 is 5.97 Å². The van der Waals surface area contributed by atoms with Crippen molar-refractivity contribution in [1.82, 2.24) is 0 Å². The van der Waals surface area contributed by atoms with Crippen LogP contribution in [0.1, 0.15) is 22.0 Å². The molecule has 0 radical (unpaired) electrons.